The van der Waals surface area contributed by atoms with Crippen molar-refractivity contribution in [1.29, 1.82) is 0 Å². The Morgan fingerprint density at radius 2 is 1.78 bits per heavy atom. The average molecular weight is 572 g/mol. The van der Waals surface area contributed by atoms with Crippen LogP contribution in [-0.4, -0.2) is 71.1 Å². The Hall–Kier alpha value is -3.51. The number of aliphatic hydroxyl groups is 2. The van der Waals surface area contributed by atoms with Gasteiger partial charge in [-0.1, -0.05) is 24.6 Å². The van der Waals surface area contributed by atoms with Crippen LogP contribution in [0.3, 0.4) is 0 Å². The first kappa shape index (κ1) is 32.0. The lowest BCUT2D eigenvalue weighted by atomic mass is 10.1. The largest absolute Gasteiger partial charge is 0.508 e. The first-order valence-corrected chi connectivity index (χ1v) is 14.1. The third kappa shape index (κ3) is 10.1. The summed E-state index contributed by atoms with van der Waals surface area (Å²) in [5.41, 5.74) is 2.55. The number of aromatic hydroxyl groups is 1. The van der Waals surface area contributed by atoms with Crippen LogP contribution < -0.4 is 10.2 Å². The summed E-state index contributed by atoms with van der Waals surface area (Å²) in [6.45, 7) is 3.22. The predicted octanol–water partition coefficient (Wildman–Crippen LogP) is 3.35. The molecule has 1 heterocycles. The van der Waals surface area contributed by atoms with Crippen LogP contribution in [0, 0.1) is 0 Å². The van der Waals surface area contributed by atoms with Crippen LogP contribution in [0.5, 0.6) is 5.75 Å². The maximum Gasteiger partial charge on any atom is 0.365 e. The van der Waals surface area contributed by atoms with E-state index in [2.05, 4.69) is 5.32 Å². The van der Waals surface area contributed by atoms with Crippen molar-refractivity contribution in [3.63, 3.8) is 0 Å². The molecule has 3 amide bonds. The third-order valence-corrected chi connectivity index (χ3v) is 6.73. The van der Waals surface area contributed by atoms with Gasteiger partial charge in [-0.2, -0.15) is 0 Å². The number of carbonyl (C=O) groups is 3. The Kier molecular flexibility index (Phi) is 13.0. The third-order valence-electron chi connectivity index (χ3n) is 6.73. The molecule has 1 aliphatic heterocycles. The van der Waals surface area contributed by atoms with Gasteiger partial charge in [0.05, 0.1) is 18.4 Å². The lowest BCUT2D eigenvalue weighted by molar-refractivity contribution is -0.171. The van der Waals surface area contributed by atoms with Crippen LogP contribution >= 0.6 is 0 Å². The Bertz CT molecular complexity index is 1160. The zero-order chi connectivity index (χ0) is 29.6. The quantitative estimate of drug-likeness (QED) is 0.156. The highest BCUT2D eigenvalue weighted by molar-refractivity contribution is 6.19. The fraction of sp³-hybridized carbons (Fsp3) is 0.500. The monoisotopic (exact) mass is 571 g/mol. The molecule has 2 aromatic carbocycles. The number of anilines is 1. The van der Waals surface area contributed by atoms with Gasteiger partial charge in [-0.05, 0) is 80.5 Å². The molecule has 1 fully saturated rings. The van der Waals surface area contributed by atoms with E-state index < -0.39 is 24.0 Å². The fourth-order valence-corrected chi connectivity index (χ4v) is 4.55. The van der Waals surface area contributed by atoms with Crippen LogP contribution in [0.1, 0.15) is 68.2 Å². The number of hydrogen-bond acceptors (Lipinski definition) is 9. The highest BCUT2D eigenvalue weighted by atomic mass is 16.7. The van der Waals surface area contributed by atoms with E-state index in [1.54, 1.807) is 18.2 Å². The number of rotatable bonds is 18. The first-order valence-electron chi connectivity index (χ1n) is 14.1. The van der Waals surface area contributed by atoms with Gasteiger partial charge in [0.1, 0.15) is 12.3 Å². The van der Waals surface area contributed by atoms with Gasteiger partial charge in [0.15, 0.2) is 0 Å². The number of hydroxylamine groups is 2. The Labute approximate surface area is 240 Å². The number of benzene rings is 2. The van der Waals surface area contributed by atoms with Gasteiger partial charge < -0.3 is 30.2 Å². The van der Waals surface area contributed by atoms with Crippen molar-refractivity contribution in [2.45, 2.75) is 64.6 Å². The molecule has 1 aliphatic rings. The number of ether oxygens (including phenoxy) is 1. The first-order chi connectivity index (χ1) is 19.8. The maximum absolute atomic E-state index is 12.5. The van der Waals surface area contributed by atoms with E-state index in [4.69, 9.17) is 9.57 Å². The van der Waals surface area contributed by atoms with E-state index >= 15 is 0 Å². The molecule has 3 rings (SSSR count). The highest BCUT2D eigenvalue weighted by Gasteiger charge is 2.39. The van der Waals surface area contributed by atoms with Gasteiger partial charge in [-0.15, -0.1) is 5.06 Å². The predicted molar refractivity (Wildman–Crippen MR) is 152 cm³/mol. The summed E-state index contributed by atoms with van der Waals surface area (Å²) >= 11 is 0. The van der Waals surface area contributed by atoms with Crippen LogP contribution in [0.2, 0.25) is 0 Å². The molecule has 2 aromatic rings. The number of nitrogens with zero attached hydrogens (tertiary/aromatic N) is 2. The normalized spacial score (nSPS) is 14.1. The molecule has 0 aliphatic carbocycles. The number of phenols is 1. The summed E-state index contributed by atoms with van der Waals surface area (Å²) < 4.78 is 5.74. The summed E-state index contributed by atoms with van der Waals surface area (Å²) in [4.78, 5) is 41.7. The molecule has 224 valence electrons. The van der Waals surface area contributed by atoms with Crippen molar-refractivity contribution in [3.8, 4) is 5.75 Å². The molecule has 4 N–H and O–H groups in total. The molecule has 0 saturated carbocycles. The zero-order valence-corrected chi connectivity index (χ0v) is 23.6. The minimum Gasteiger partial charge on any atom is -0.508 e. The zero-order valence-electron chi connectivity index (χ0n) is 23.6. The molecule has 0 bridgehead atoms. The Balaban J connectivity index is 1.20. The van der Waals surface area contributed by atoms with Gasteiger partial charge >= 0.3 is 12.0 Å². The van der Waals surface area contributed by atoms with Crippen LogP contribution in [0.25, 0.3) is 0 Å². The number of aryl methyl sites for hydroxylation is 1. The lowest BCUT2D eigenvalue weighted by Gasteiger charge is -2.16. The van der Waals surface area contributed by atoms with Gasteiger partial charge in [-0.25, -0.2) is 9.69 Å². The molecular formula is C30H41N3O8. The van der Waals surface area contributed by atoms with Crippen molar-refractivity contribution in [3.05, 3.63) is 59.2 Å². The number of aliphatic hydroxyl groups excluding tert-OH is 2. The summed E-state index contributed by atoms with van der Waals surface area (Å²) in [6, 6.07) is 11.4. The molecule has 0 spiro atoms. The molecule has 41 heavy (non-hydrogen) atoms. The van der Waals surface area contributed by atoms with Gasteiger partial charge in [-0.3, -0.25) is 9.59 Å². The highest BCUT2D eigenvalue weighted by Crippen LogP contribution is 2.24. The summed E-state index contributed by atoms with van der Waals surface area (Å²) in [5.74, 6) is -1.07. The Morgan fingerprint density at radius 3 is 2.51 bits per heavy atom. The van der Waals surface area contributed by atoms with E-state index in [-0.39, 0.29) is 18.9 Å². The summed E-state index contributed by atoms with van der Waals surface area (Å²) in [5, 5.41) is 33.2. The van der Waals surface area contributed by atoms with E-state index in [0.717, 1.165) is 67.0 Å². The van der Waals surface area contributed by atoms with Crippen molar-refractivity contribution >= 4 is 23.6 Å². The minimum atomic E-state index is -0.702. The molecule has 11 heteroatoms. The number of imide groups is 1. The second-order valence-electron chi connectivity index (χ2n) is 10.1. The second kappa shape index (κ2) is 16.7. The van der Waals surface area contributed by atoms with E-state index in [9.17, 15) is 29.7 Å². The van der Waals surface area contributed by atoms with Crippen molar-refractivity contribution in [2.24, 2.45) is 0 Å². The molecule has 0 radical (unpaired) electrons. The molecular weight excluding hydrogens is 530 g/mol. The number of amides is 3. The second-order valence-corrected chi connectivity index (χ2v) is 10.1. The number of urea groups is 1. The number of carbonyl (C=O) groups excluding carboxylic acids is 3. The molecule has 0 aromatic heterocycles. The van der Waals surface area contributed by atoms with Crippen LogP contribution in [0.15, 0.2) is 42.5 Å². The van der Waals surface area contributed by atoms with Gasteiger partial charge in [0.2, 0.25) is 0 Å². The Morgan fingerprint density at radius 1 is 1.02 bits per heavy atom. The van der Waals surface area contributed by atoms with E-state index in [1.807, 2.05) is 18.2 Å². The number of nitrogens with one attached hydrogen (secondary N) is 1. The van der Waals surface area contributed by atoms with Crippen molar-refractivity contribution in [1.82, 2.24) is 10.4 Å². The number of hydrogen-bond donors (Lipinski definition) is 4. The SMILES string of the molecule is CC(=O)ON1CC(=O)N(c2cccc(CCCCCOCCCCCNC[C@@H](O)c3ccc(O)c(CO)c3)c2)C1=O. The van der Waals surface area contributed by atoms with Crippen molar-refractivity contribution in [2.75, 3.05) is 37.7 Å². The van der Waals surface area contributed by atoms with Crippen LogP contribution in [0.4, 0.5) is 10.5 Å². The lowest BCUT2D eigenvalue weighted by Crippen LogP contribution is -2.34. The van der Waals surface area contributed by atoms with E-state index in [1.165, 1.54) is 13.0 Å². The summed E-state index contributed by atoms with van der Waals surface area (Å²) in [6.07, 6.45) is 5.99. The molecule has 0 unspecified atom stereocenters. The standard InChI is InChI=1S/C30H41N3O8/c1-22(35)41-32-20-29(38)33(30(32)39)26-11-8-10-23(17-26)9-4-2-6-15-40-16-7-3-5-14-31-19-28(37)24-12-13-27(36)25(18-24)21-34/h8,10-13,17-18,28,31,34,36-37H,2-7,9,14-16,19-21H2,1H3/t28-/m1/s1. The minimum absolute atomic E-state index is 0.0222. The maximum atomic E-state index is 12.5. The summed E-state index contributed by atoms with van der Waals surface area (Å²) in [7, 11) is 0. The average Bonchev–Trinajstić information content (AvgIpc) is 3.22. The topological polar surface area (TPSA) is 149 Å². The molecule has 1 atom stereocenters. The fourth-order valence-electron chi connectivity index (χ4n) is 4.55. The van der Waals surface area contributed by atoms with Gasteiger partial charge in [0, 0.05) is 32.2 Å². The smallest absolute Gasteiger partial charge is 0.365 e. The molecule has 1 saturated heterocycles. The van der Waals surface area contributed by atoms with Crippen LogP contribution in [-0.2, 0) is 32.2 Å². The number of unbranched alkanes of at least 4 members (excludes halogenated alkanes) is 4. The van der Waals surface area contributed by atoms with E-state index in [0.29, 0.717) is 36.6 Å². The van der Waals surface area contributed by atoms with Crippen molar-refractivity contribution < 1.29 is 39.3 Å². The molecule has 11 nitrogen and oxygen atoms in total. The van der Waals surface area contributed by atoms with Gasteiger partial charge in [0.25, 0.3) is 5.91 Å².